The van der Waals surface area contributed by atoms with Crippen LogP contribution >= 0.6 is 11.3 Å². The summed E-state index contributed by atoms with van der Waals surface area (Å²) in [6.45, 7) is 5.99. The molecule has 1 aromatic heterocycles. The van der Waals surface area contributed by atoms with E-state index in [1.54, 1.807) is 5.38 Å². The van der Waals surface area contributed by atoms with Gasteiger partial charge in [-0.05, 0) is 26.4 Å². The van der Waals surface area contributed by atoms with Gasteiger partial charge in [-0.25, -0.2) is 9.78 Å². The lowest BCUT2D eigenvalue weighted by Gasteiger charge is -2.23. The van der Waals surface area contributed by atoms with Crippen LogP contribution in [0.3, 0.4) is 0 Å². The molecule has 0 amide bonds. The second kappa shape index (κ2) is 7.57. The first-order chi connectivity index (χ1) is 8.88. The highest BCUT2D eigenvalue weighted by molar-refractivity contribution is 7.11. The van der Waals surface area contributed by atoms with Gasteiger partial charge < -0.3 is 15.3 Å². The van der Waals surface area contributed by atoms with Gasteiger partial charge in [0.05, 0.1) is 5.69 Å². The number of hydrogen-bond acceptors (Lipinski definition) is 5. The van der Waals surface area contributed by atoms with Crippen molar-refractivity contribution in [3.63, 3.8) is 0 Å². The molecule has 1 rings (SSSR count). The monoisotopic (exact) mass is 285 g/mol. The minimum absolute atomic E-state index is 0.157. The lowest BCUT2D eigenvalue weighted by atomic mass is 10.0. The molecule has 0 aromatic carbocycles. The molecule has 1 aromatic rings. The Morgan fingerprint density at radius 1 is 1.53 bits per heavy atom. The molecule has 1 heterocycles. The maximum atomic E-state index is 10.8. The third-order valence-electron chi connectivity index (χ3n) is 2.65. The molecule has 6 heteroatoms. The molecule has 19 heavy (non-hydrogen) atoms. The Hall–Kier alpha value is -0.980. The summed E-state index contributed by atoms with van der Waals surface area (Å²) in [5.41, 5.74) is 0.801. The van der Waals surface area contributed by atoms with Crippen LogP contribution in [0.15, 0.2) is 5.38 Å². The van der Waals surface area contributed by atoms with Crippen LogP contribution in [0, 0.1) is 5.92 Å². The number of nitrogens with one attached hydrogen (secondary N) is 1. The van der Waals surface area contributed by atoms with Crippen molar-refractivity contribution in [2.75, 3.05) is 20.6 Å². The Bertz CT molecular complexity index is 394. The van der Waals surface area contributed by atoms with E-state index in [4.69, 9.17) is 5.11 Å². The Labute approximate surface area is 118 Å². The topological polar surface area (TPSA) is 65.5 Å². The number of aromatic carboxylic acids is 1. The molecule has 2 N–H and O–H groups in total. The summed E-state index contributed by atoms with van der Waals surface area (Å²) < 4.78 is 0. The predicted octanol–water partition coefficient (Wildman–Crippen LogP) is 1.91. The van der Waals surface area contributed by atoms with Gasteiger partial charge >= 0.3 is 5.97 Å². The van der Waals surface area contributed by atoms with Gasteiger partial charge in [-0.1, -0.05) is 13.8 Å². The predicted molar refractivity (Wildman–Crippen MR) is 77.7 cm³/mol. The lowest BCUT2D eigenvalue weighted by molar-refractivity contribution is 0.0696. The van der Waals surface area contributed by atoms with Crippen LogP contribution < -0.4 is 5.32 Å². The standard InChI is InChI=1S/C13H23N3O2S/c1-9(2)5-10(7-16(3)4)14-6-11-8-19-12(15-11)13(17)18/h8-10,14H,5-7H2,1-4H3,(H,17,18). The van der Waals surface area contributed by atoms with E-state index >= 15 is 0 Å². The quantitative estimate of drug-likeness (QED) is 0.764. The minimum atomic E-state index is -0.955. The second-order valence-corrected chi connectivity index (χ2v) is 6.28. The zero-order chi connectivity index (χ0) is 14.4. The SMILES string of the molecule is CC(C)CC(CN(C)C)NCc1csc(C(=O)O)n1. The average molecular weight is 285 g/mol. The first-order valence-corrected chi connectivity index (χ1v) is 7.32. The average Bonchev–Trinajstić information content (AvgIpc) is 2.73. The van der Waals surface area contributed by atoms with Crippen molar-refractivity contribution in [2.45, 2.75) is 32.9 Å². The van der Waals surface area contributed by atoms with E-state index in [-0.39, 0.29) is 5.01 Å². The first kappa shape index (κ1) is 16.1. The molecule has 0 aliphatic carbocycles. The number of nitrogens with zero attached hydrogens (tertiary/aromatic N) is 2. The molecule has 0 saturated carbocycles. The van der Waals surface area contributed by atoms with Crippen LogP contribution in [0.1, 0.15) is 35.8 Å². The Kier molecular flexibility index (Phi) is 6.41. The van der Waals surface area contributed by atoms with Gasteiger partial charge in [0.25, 0.3) is 0 Å². The second-order valence-electron chi connectivity index (χ2n) is 5.42. The van der Waals surface area contributed by atoms with Gasteiger partial charge in [0, 0.05) is 24.5 Å². The summed E-state index contributed by atoms with van der Waals surface area (Å²) in [4.78, 5) is 17.0. The maximum absolute atomic E-state index is 10.8. The van der Waals surface area contributed by atoms with Crippen LogP contribution in [-0.4, -0.2) is 47.6 Å². The Morgan fingerprint density at radius 3 is 2.68 bits per heavy atom. The van der Waals surface area contributed by atoms with Crippen LogP contribution in [0.4, 0.5) is 0 Å². The van der Waals surface area contributed by atoms with Gasteiger partial charge in [-0.3, -0.25) is 0 Å². The van der Waals surface area contributed by atoms with Gasteiger partial charge in [-0.15, -0.1) is 11.3 Å². The maximum Gasteiger partial charge on any atom is 0.365 e. The van der Waals surface area contributed by atoms with E-state index in [2.05, 4.69) is 43.1 Å². The molecule has 0 bridgehead atoms. The van der Waals surface area contributed by atoms with Crippen molar-refractivity contribution in [1.29, 1.82) is 0 Å². The molecule has 0 aliphatic heterocycles. The van der Waals surface area contributed by atoms with Crippen LogP contribution in [0.5, 0.6) is 0 Å². The molecule has 1 atom stereocenters. The molecule has 0 radical (unpaired) electrons. The van der Waals surface area contributed by atoms with E-state index in [1.807, 2.05) is 0 Å². The fraction of sp³-hybridized carbons (Fsp3) is 0.692. The third-order valence-corrected chi connectivity index (χ3v) is 3.53. The molecule has 0 spiro atoms. The van der Waals surface area contributed by atoms with Crippen molar-refractivity contribution in [3.8, 4) is 0 Å². The third kappa shape index (κ3) is 6.13. The molecular weight excluding hydrogens is 262 g/mol. The van der Waals surface area contributed by atoms with E-state index in [9.17, 15) is 4.79 Å². The van der Waals surface area contributed by atoms with Crippen molar-refractivity contribution < 1.29 is 9.90 Å². The highest BCUT2D eigenvalue weighted by atomic mass is 32.1. The summed E-state index contributed by atoms with van der Waals surface area (Å²) in [6, 6.07) is 0.393. The van der Waals surface area contributed by atoms with Crippen molar-refractivity contribution >= 4 is 17.3 Å². The van der Waals surface area contributed by atoms with E-state index in [1.165, 1.54) is 11.3 Å². The summed E-state index contributed by atoms with van der Waals surface area (Å²) >= 11 is 1.18. The zero-order valence-electron chi connectivity index (χ0n) is 12.0. The summed E-state index contributed by atoms with van der Waals surface area (Å²) in [5.74, 6) is -0.328. The fourth-order valence-electron chi connectivity index (χ4n) is 1.97. The van der Waals surface area contributed by atoms with E-state index < -0.39 is 5.97 Å². The van der Waals surface area contributed by atoms with Crippen molar-refractivity contribution in [2.24, 2.45) is 5.92 Å². The van der Waals surface area contributed by atoms with Crippen molar-refractivity contribution in [1.82, 2.24) is 15.2 Å². The number of thiazole rings is 1. The molecule has 0 fully saturated rings. The van der Waals surface area contributed by atoms with Crippen LogP contribution in [0.2, 0.25) is 0 Å². The van der Waals surface area contributed by atoms with Gasteiger partial charge in [0.1, 0.15) is 0 Å². The number of carboxylic acids is 1. The number of rotatable bonds is 8. The normalized spacial score (nSPS) is 13.2. The van der Waals surface area contributed by atoms with Gasteiger partial charge in [-0.2, -0.15) is 0 Å². The van der Waals surface area contributed by atoms with Gasteiger partial charge in [0.15, 0.2) is 0 Å². The summed E-state index contributed by atoms with van der Waals surface area (Å²) in [5, 5.41) is 14.3. The first-order valence-electron chi connectivity index (χ1n) is 6.44. The highest BCUT2D eigenvalue weighted by Crippen LogP contribution is 2.11. The number of carboxylic acid groups (broad SMARTS) is 1. The van der Waals surface area contributed by atoms with E-state index in [0.717, 1.165) is 18.7 Å². The van der Waals surface area contributed by atoms with Crippen LogP contribution in [0.25, 0.3) is 0 Å². The molecule has 0 aliphatic rings. The lowest BCUT2D eigenvalue weighted by Crippen LogP contribution is -2.38. The fourth-order valence-corrected chi connectivity index (χ4v) is 2.62. The Balaban J connectivity index is 2.51. The van der Waals surface area contributed by atoms with Gasteiger partial charge in [0.2, 0.25) is 5.01 Å². The Morgan fingerprint density at radius 2 is 2.21 bits per heavy atom. The molecule has 1 unspecified atom stereocenters. The van der Waals surface area contributed by atoms with Crippen LogP contribution in [-0.2, 0) is 6.54 Å². The molecule has 0 saturated heterocycles. The largest absolute Gasteiger partial charge is 0.476 e. The minimum Gasteiger partial charge on any atom is -0.476 e. The number of hydrogen-bond donors (Lipinski definition) is 2. The molecular formula is C13H23N3O2S. The smallest absolute Gasteiger partial charge is 0.365 e. The number of likely N-dealkylation sites (N-methyl/N-ethyl adjacent to an activating group) is 1. The van der Waals surface area contributed by atoms with E-state index in [0.29, 0.717) is 18.5 Å². The molecule has 5 nitrogen and oxygen atoms in total. The number of carbonyl (C=O) groups is 1. The summed E-state index contributed by atoms with van der Waals surface area (Å²) in [6.07, 6.45) is 1.09. The van der Waals surface area contributed by atoms with Crippen molar-refractivity contribution in [3.05, 3.63) is 16.1 Å². The highest BCUT2D eigenvalue weighted by Gasteiger charge is 2.13. The molecule has 108 valence electrons. The number of aromatic nitrogens is 1. The summed E-state index contributed by atoms with van der Waals surface area (Å²) in [7, 11) is 4.11. The zero-order valence-corrected chi connectivity index (χ0v) is 12.8.